The predicted octanol–water partition coefficient (Wildman–Crippen LogP) is 6.11. The van der Waals surface area contributed by atoms with Gasteiger partial charge in [0.25, 0.3) is 0 Å². The molecule has 132 valence electrons. The Bertz CT molecular complexity index is 762. The van der Waals surface area contributed by atoms with Gasteiger partial charge in [0.1, 0.15) is 11.5 Å². The molecule has 1 heterocycles. The summed E-state index contributed by atoms with van der Waals surface area (Å²) in [5.74, 6) is 2.56. The highest BCUT2D eigenvalue weighted by Crippen LogP contribution is 2.45. The van der Waals surface area contributed by atoms with Crippen LogP contribution < -0.4 is 9.47 Å². The maximum absolute atomic E-state index is 11.9. The summed E-state index contributed by atoms with van der Waals surface area (Å²) in [6.07, 6.45) is 0. The zero-order valence-corrected chi connectivity index (χ0v) is 16.7. The van der Waals surface area contributed by atoms with Crippen molar-refractivity contribution in [1.82, 2.24) is 0 Å². The van der Waals surface area contributed by atoms with Crippen molar-refractivity contribution in [2.45, 2.75) is 4.58 Å². The van der Waals surface area contributed by atoms with Crippen LogP contribution in [0.5, 0.6) is 11.5 Å². The topological polar surface area (TPSA) is 35.5 Å². The molecule has 25 heavy (non-hydrogen) atoms. The molecule has 2 aromatic carbocycles. The van der Waals surface area contributed by atoms with Gasteiger partial charge in [-0.1, -0.05) is 46.9 Å². The molecule has 0 amide bonds. The zero-order chi connectivity index (χ0) is 17.8. The minimum Gasteiger partial charge on any atom is -0.480 e. The Kier molecular flexibility index (Phi) is 6.69. The molecule has 0 bridgehead atoms. The monoisotopic (exact) mass is 434 g/mol. The van der Waals surface area contributed by atoms with Gasteiger partial charge in [0.05, 0.1) is 19.6 Å². The SMILES string of the molecule is O=C(COc1cc(Cl)c(Cl)cc1Cl)Oc1ccc(C2SCCS2)cc1. The molecule has 0 spiro atoms. The Hall–Kier alpha value is -0.720. The molecule has 1 fully saturated rings. The lowest BCUT2D eigenvalue weighted by Crippen LogP contribution is -2.17. The van der Waals surface area contributed by atoms with Crippen LogP contribution in [-0.4, -0.2) is 24.1 Å². The number of esters is 1. The highest BCUT2D eigenvalue weighted by molar-refractivity contribution is 8.19. The molecular formula is C17H13Cl3O3S2. The van der Waals surface area contributed by atoms with Gasteiger partial charge in [-0.05, 0) is 23.8 Å². The molecule has 0 aliphatic carbocycles. The van der Waals surface area contributed by atoms with Crippen molar-refractivity contribution in [1.29, 1.82) is 0 Å². The van der Waals surface area contributed by atoms with E-state index in [4.69, 9.17) is 44.3 Å². The van der Waals surface area contributed by atoms with E-state index in [-0.39, 0.29) is 17.4 Å². The van der Waals surface area contributed by atoms with Gasteiger partial charge in [0.2, 0.25) is 0 Å². The summed E-state index contributed by atoms with van der Waals surface area (Å²) in [6, 6.07) is 10.5. The summed E-state index contributed by atoms with van der Waals surface area (Å²) in [7, 11) is 0. The normalized spacial score (nSPS) is 14.5. The van der Waals surface area contributed by atoms with Crippen LogP contribution in [0.1, 0.15) is 10.1 Å². The molecule has 1 saturated heterocycles. The van der Waals surface area contributed by atoms with Crippen molar-refractivity contribution in [3.63, 3.8) is 0 Å². The first kappa shape index (κ1) is 19.1. The van der Waals surface area contributed by atoms with Gasteiger partial charge >= 0.3 is 5.97 Å². The van der Waals surface area contributed by atoms with Crippen LogP contribution in [0.3, 0.4) is 0 Å². The lowest BCUT2D eigenvalue weighted by Gasteiger charge is -2.11. The summed E-state index contributed by atoms with van der Waals surface area (Å²) in [4.78, 5) is 11.9. The molecule has 0 aromatic heterocycles. The van der Waals surface area contributed by atoms with Gasteiger partial charge in [-0.2, -0.15) is 0 Å². The number of hydrogen-bond donors (Lipinski definition) is 0. The summed E-state index contributed by atoms with van der Waals surface area (Å²) in [6.45, 7) is -0.284. The smallest absolute Gasteiger partial charge is 0.349 e. The summed E-state index contributed by atoms with van der Waals surface area (Å²) >= 11 is 21.6. The van der Waals surface area contributed by atoms with E-state index in [2.05, 4.69) is 0 Å². The van der Waals surface area contributed by atoms with Gasteiger partial charge in [-0.3, -0.25) is 0 Å². The van der Waals surface area contributed by atoms with Crippen LogP contribution in [-0.2, 0) is 4.79 Å². The minimum absolute atomic E-state index is 0.276. The third-order valence-corrected chi connectivity index (χ3v) is 7.45. The van der Waals surface area contributed by atoms with E-state index in [0.29, 0.717) is 20.4 Å². The number of carbonyl (C=O) groups is 1. The number of thioether (sulfide) groups is 2. The highest BCUT2D eigenvalue weighted by Gasteiger charge is 2.18. The largest absolute Gasteiger partial charge is 0.480 e. The maximum atomic E-state index is 11.9. The average Bonchev–Trinajstić information content (AvgIpc) is 3.12. The molecule has 1 aliphatic heterocycles. The first-order valence-electron chi connectivity index (χ1n) is 7.34. The molecule has 0 unspecified atom stereocenters. The lowest BCUT2D eigenvalue weighted by atomic mass is 10.2. The third-order valence-electron chi connectivity index (χ3n) is 3.33. The van der Waals surface area contributed by atoms with Crippen LogP contribution in [0.4, 0.5) is 0 Å². The quantitative estimate of drug-likeness (QED) is 0.322. The van der Waals surface area contributed by atoms with Crippen molar-refractivity contribution in [2.24, 2.45) is 0 Å². The van der Waals surface area contributed by atoms with E-state index in [1.54, 1.807) is 12.1 Å². The molecule has 0 N–H and O–H groups in total. The second kappa shape index (κ2) is 8.78. The molecule has 0 saturated carbocycles. The Morgan fingerprint density at radius 3 is 2.32 bits per heavy atom. The highest BCUT2D eigenvalue weighted by atomic mass is 35.5. The number of hydrogen-bond acceptors (Lipinski definition) is 5. The Morgan fingerprint density at radius 2 is 1.64 bits per heavy atom. The van der Waals surface area contributed by atoms with Crippen molar-refractivity contribution >= 4 is 64.3 Å². The number of benzene rings is 2. The number of carbonyl (C=O) groups excluding carboxylic acids is 1. The van der Waals surface area contributed by atoms with Crippen LogP contribution in [0.25, 0.3) is 0 Å². The first-order chi connectivity index (χ1) is 12.0. The molecule has 3 rings (SSSR count). The fraction of sp³-hybridized carbons (Fsp3) is 0.235. The van der Waals surface area contributed by atoms with E-state index in [9.17, 15) is 4.79 Å². The van der Waals surface area contributed by atoms with Gasteiger partial charge in [-0.25, -0.2) is 4.79 Å². The number of rotatable bonds is 5. The molecule has 0 radical (unpaired) electrons. The van der Waals surface area contributed by atoms with Crippen LogP contribution in [0, 0.1) is 0 Å². The van der Waals surface area contributed by atoms with E-state index in [1.807, 2.05) is 35.7 Å². The Balaban J connectivity index is 1.55. The van der Waals surface area contributed by atoms with Crippen LogP contribution in [0.2, 0.25) is 15.1 Å². The van der Waals surface area contributed by atoms with E-state index >= 15 is 0 Å². The lowest BCUT2D eigenvalue weighted by molar-refractivity contribution is -0.136. The fourth-order valence-electron chi connectivity index (χ4n) is 2.16. The molecule has 1 aliphatic rings. The van der Waals surface area contributed by atoms with Crippen LogP contribution in [0.15, 0.2) is 36.4 Å². The van der Waals surface area contributed by atoms with Gasteiger partial charge < -0.3 is 9.47 Å². The summed E-state index contributed by atoms with van der Waals surface area (Å²) in [5, 5.41) is 0.895. The van der Waals surface area contributed by atoms with E-state index in [0.717, 1.165) is 0 Å². The zero-order valence-electron chi connectivity index (χ0n) is 12.8. The summed E-state index contributed by atoms with van der Waals surface area (Å²) < 4.78 is 11.1. The molecule has 3 nitrogen and oxygen atoms in total. The van der Waals surface area contributed by atoms with Crippen LogP contribution >= 0.6 is 58.3 Å². The van der Waals surface area contributed by atoms with Gasteiger partial charge in [0.15, 0.2) is 6.61 Å². The average molecular weight is 436 g/mol. The maximum Gasteiger partial charge on any atom is 0.349 e. The first-order valence-corrected chi connectivity index (χ1v) is 10.6. The van der Waals surface area contributed by atoms with Crippen molar-refractivity contribution in [3.05, 3.63) is 57.0 Å². The fourth-order valence-corrected chi connectivity index (χ4v) is 5.61. The molecule has 0 atom stereocenters. The number of halogens is 3. The third kappa shape index (κ3) is 5.14. The Labute approximate surface area is 169 Å². The predicted molar refractivity (Wildman–Crippen MR) is 107 cm³/mol. The van der Waals surface area contributed by atoms with Crippen molar-refractivity contribution in [2.75, 3.05) is 18.1 Å². The van der Waals surface area contributed by atoms with Gasteiger partial charge in [0, 0.05) is 17.6 Å². The number of ether oxygens (including phenoxy) is 2. The Morgan fingerprint density at radius 1 is 1.00 bits per heavy atom. The molecule has 8 heteroatoms. The second-order valence-electron chi connectivity index (χ2n) is 5.10. The second-order valence-corrected chi connectivity index (χ2v) is 9.05. The van der Waals surface area contributed by atoms with E-state index in [1.165, 1.54) is 29.2 Å². The molecular weight excluding hydrogens is 423 g/mol. The van der Waals surface area contributed by atoms with E-state index < -0.39 is 5.97 Å². The minimum atomic E-state index is -0.528. The van der Waals surface area contributed by atoms with Crippen molar-refractivity contribution < 1.29 is 14.3 Å². The summed E-state index contributed by atoms with van der Waals surface area (Å²) in [5.41, 5.74) is 1.23. The molecule has 2 aromatic rings. The standard InChI is InChI=1S/C17H13Cl3O3S2/c18-12-7-14(20)15(8-13(12)19)22-9-16(21)23-11-3-1-10(2-4-11)17-24-5-6-25-17/h1-4,7-8,17H,5-6,9H2. The van der Waals surface area contributed by atoms with Crippen molar-refractivity contribution in [3.8, 4) is 11.5 Å². The van der Waals surface area contributed by atoms with Gasteiger partial charge in [-0.15, -0.1) is 23.5 Å².